The zero-order chi connectivity index (χ0) is 14.7. The van der Waals surface area contributed by atoms with Gasteiger partial charge in [0.25, 0.3) is 0 Å². The minimum absolute atomic E-state index is 0.0797. The summed E-state index contributed by atoms with van der Waals surface area (Å²) in [6.07, 6.45) is 1.08. The Kier molecular flexibility index (Phi) is 4.17. The number of hydrogen-bond donors (Lipinski definition) is 1. The minimum atomic E-state index is -0.347. The van der Waals surface area contributed by atoms with Gasteiger partial charge in [0.15, 0.2) is 5.78 Å². The molecule has 1 heterocycles. The van der Waals surface area contributed by atoms with Gasteiger partial charge in [-0.15, -0.1) is 0 Å². The van der Waals surface area contributed by atoms with Gasteiger partial charge in [0.2, 0.25) is 11.8 Å². The summed E-state index contributed by atoms with van der Waals surface area (Å²) < 4.78 is 0. The van der Waals surface area contributed by atoms with Gasteiger partial charge in [-0.25, -0.2) is 0 Å². The van der Waals surface area contributed by atoms with Crippen molar-refractivity contribution in [3.63, 3.8) is 0 Å². The van der Waals surface area contributed by atoms with Gasteiger partial charge in [-0.1, -0.05) is 13.8 Å². The molecule has 1 aliphatic rings. The molecule has 0 bridgehead atoms. The van der Waals surface area contributed by atoms with Crippen LogP contribution in [-0.2, 0) is 9.59 Å². The fourth-order valence-corrected chi connectivity index (χ4v) is 2.39. The second kappa shape index (κ2) is 5.86. The topological polar surface area (TPSA) is 66.5 Å². The smallest absolute Gasteiger partial charge is 0.249 e. The van der Waals surface area contributed by atoms with Crippen LogP contribution in [0.15, 0.2) is 24.3 Å². The average molecular weight is 274 g/mol. The number of piperazine rings is 1. The van der Waals surface area contributed by atoms with Gasteiger partial charge < -0.3 is 4.90 Å². The molecule has 106 valence electrons. The normalized spacial score (nSPS) is 18.9. The number of hydrogen-bond acceptors (Lipinski definition) is 4. The van der Waals surface area contributed by atoms with E-state index in [1.165, 1.54) is 0 Å². The van der Waals surface area contributed by atoms with Gasteiger partial charge in [0.1, 0.15) is 6.04 Å². The lowest BCUT2D eigenvalue weighted by Crippen LogP contribution is -2.58. The van der Waals surface area contributed by atoms with Gasteiger partial charge in [-0.05, 0) is 30.7 Å². The van der Waals surface area contributed by atoms with E-state index >= 15 is 0 Å². The van der Waals surface area contributed by atoms with E-state index < -0.39 is 0 Å². The second-order valence-electron chi connectivity index (χ2n) is 4.79. The number of nitrogens with zero attached hydrogens (tertiary/aromatic N) is 1. The van der Waals surface area contributed by atoms with Crippen LogP contribution in [0.25, 0.3) is 0 Å². The van der Waals surface area contributed by atoms with Crippen LogP contribution < -0.4 is 10.2 Å². The van der Waals surface area contributed by atoms with Gasteiger partial charge in [0, 0.05) is 17.7 Å². The molecule has 1 atom stereocenters. The van der Waals surface area contributed by atoms with Crippen molar-refractivity contribution >= 4 is 23.3 Å². The van der Waals surface area contributed by atoms with Crippen molar-refractivity contribution in [2.24, 2.45) is 0 Å². The van der Waals surface area contributed by atoms with Crippen LogP contribution in [0, 0.1) is 0 Å². The monoisotopic (exact) mass is 274 g/mol. The molecule has 0 saturated carbocycles. The highest BCUT2D eigenvalue weighted by Gasteiger charge is 2.32. The lowest BCUT2D eigenvalue weighted by molar-refractivity contribution is -0.132. The maximum absolute atomic E-state index is 11.8. The highest BCUT2D eigenvalue weighted by molar-refractivity contribution is 6.04. The number of carbonyl (C=O) groups is 3. The largest absolute Gasteiger partial charge is 0.350 e. The molecule has 0 radical (unpaired) electrons. The molecule has 0 aromatic heterocycles. The molecule has 0 spiro atoms. The standard InChI is InChI=1S/C15H18N2O3/c1-3-12-15(20)16-14(19)9-17(12)11-7-5-10(6-8-11)13(18)4-2/h5-8,12H,3-4,9H2,1-2H3,(H,16,19,20). The molecule has 5 heteroatoms. The third-order valence-electron chi connectivity index (χ3n) is 3.48. The maximum Gasteiger partial charge on any atom is 0.249 e. The molecule has 1 aliphatic heterocycles. The molecule has 0 aliphatic carbocycles. The first-order valence-electron chi connectivity index (χ1n) is 6.80. The molecule has 2 amide bonds. The minimum Gasteiger partial charge on any atom is -0.350 e. The summed E-state index contributed by atoms with van der Waals surface area (Å²) in [5.41, 5.74) is 1.43. The van der Waals surface area contributed by atoms with Crippen molar-refractivity contribution in [3.8, 4) is 0 Å². The maximum atomic E-state index is 11.8. The number of benzene rings is 1. The predicted molar refractivity (Wildman–Crippen MR) is 75.6 cm³/mol. The molecule has 1 saturated heterocycles. The van der Waals surface area contributed by atoms with Crippen molar-refractivity contribution in [1.82, 2.24) is 5.32 Å². The van der Waals surface area contributed by atoms with Gasteiger partial charge in [0.05, 0.1) is 6.54 Å². The fraction of sp³-hybridized carbons (Fsp3) is 0.400. The van der Waals surface area contributed by atoms with Gasteiger partial charge >= 0.3 is 0 Å². The summed E-state index contributed by atoms with van der Waals surface area (Å²) >= 11 is 0. The summed E-state index contributed by atoms with van der Waals surface area (Å²) in [7, 11) is 0. The first kappa shape index (κ1) is 14.2. The van der Waals surface area contributed by atoms with E-state index in [-0.39, 0.29) is 30.2 Å². The number of rotatable bonds is 4. The van der Waals surface area contributed by atoms with Crippen LogP contribution in [0.2, 0.25) is 0 Å². The Morgan fingerprint density at radius 1 is 1.25 bits per heavy atom. The number of amides is 2. The van der Waals surface area contributed by atoms with E-state index in [1.807, 2.05) is 13.8 Å². The summed E-state index contributed by atoms with van der Waals surface area (Å²) in [5, 5.41) is 2.35. The van der Waals surface area contributed by atoms with Crippen LogP contribution >= 0.6 is 0 Å². The lowest BCUT2D eigenvalue weighted by Gasteiger charge is -2.35. The van der Waals surface area contributed by atoms with Crippen LogP contribution in [-0.4, -0.2) is 30.2 Å². The summed E-state index contributed by atoms with van der Waals surface area (Å²) in [5.74, 6) is -0.484. The Morgan fingerprint density at radius 2 is 1.90 bits per heavy atom. The van der Waals surface area contributed by atoms with E-state index in [1.54, 1.807) is 29.2 Å². The van der Waals surface area contributed by atoms with Crippen LogP contribution in [0.5, 0.6) is 0 Å². The molecule has 1 unspecified atom stereocenters. The molecule has 1 N–H and O–H groups in total. The Bertz CT molecular complexity index is 537. The molecule has 1 aromatic carbocycles. The first-order chi connectivity index (χ1) is 9.56. The van der Waals surface area contributed by atoms with Crippen molar-refractivity contribution < 1.29 is 14.4 Å². The van der Waals surface area contributed by atoms with Crippen molar-refractivity contribution in [2.75, 3.05) is 11.4 Å². The van der Waals surface area contributed by atoms with Crippen LogP contribution in [0.3, 0.4) is 0 Å². The Labute approximate surface area is 118 Å². The summed E-state index contributed by atoms with van der Waals surface area (Å²) in [6.45, 7) is 3.88. The predicted octanol–water partition coefficient (Wildman–Crippen LogP) is 1.52. The Morgan fingerprint density at radius 3 is 2.45 bits per heavy atom. The van der Waals surface area contributed by atoms with Crippen molar-refractivity contribution in [1.29, 1.82) is 0 Å². The zero-order valence-electron chi connectivity index (χ0n) is 11.7. The Balaban J connectivity index is 2.26. The number of anilines is 1. The lowest BCUT2D eigenvalue weighted by atomic mass is 10.1. The molecule has 1 aromatic rings. The molecule has 5 nitrogen and oxygen atoms in total. The third kappa shape index (κ3) is 2.71. The average Bonchev–Trinajstić information content (AvgIpc) is 2.46. The Hall–Kier alpha value is -2.17. The van der Waals surface area contributed by atoms with Crippen LogP contribution in [0.4, 0.5) is 5.69 Å². The van der Waals surface area contributed by atoms with E-state index in [0.717, 1.165) is 5.69 Å². The van der Waals surface area contributed by atoms with E-state index in [2.05, 4.69) is 5.32 Å². The number of carbonyl (C=O) groups excluding carboxylic acids is 3. The van der Waals surface area contributed by atoms with E-state index in [9.17, 15) is 14.4 Å². The zero-order valence-corrected chi connectivity index (χ0v) is 11.7. The molecular weight excluding hydrogens is 256 g/mol. The van der Waals surface area contributed by atoms with Gasteiger partial charge in [-0.3, -0.25) is 19.7 Å². The highest BCUT2D eigenvalue weighted by atomic mass is 16.2. The number of ketones is 1. The fourth-order valence-electron chi connectivity index (χ4n) is 2.39. The molecular formula is C15H18N2O3. The highest BCUT2D eigenvalue weighted by Crippen LogP contribution is 2.21. The van der Waals surface area contributed by atoms with E-state index in [4.69, 9.17) is 0 Å². The van der Waals surface area contributed by atoms with E-state index in [0.29, 0.717) is 18.4 Å². The third-order valence-corrected chi connectivity index (χ3v) is 3.48. The van der Waals surface area contributed by atoms with Crippen LogP contribution in [0.1, 0.15) is 37.0 Å². The quantitative estimate of drug-likeness (QED) is 0.668. The summed E-state index contributed by atoms with van der Waals surface area (Å²) in [6, 6.07) is 6.71. The van der Waals surface area contributed by atoms with Crippen molar-refractivity contribution in [3.05, 3.63) is 29.8 Å². The second-order valence-corrected chi connectivity index (χ2v) is 4.79. The SMILES string of the molecule is CCC(=O)c1ccc(N2CC(=O)NC(=O)C2CC)cc1. The number of imide groups is 1. The van der Waals surface area contributed by atoms with Gasteiger partial charge in [-0.2, -0.15) is 0 Å². The van der Waals surface area contributed by atoms with Crippen molar-refractivity contribution in [2.45, 2.75) is 32.7 Å². The molecule has 2 rings (SSSR count). The number of nitrogens with one attached hydrogen (secondary N) is 1. The first-order valence-corrected chi connectivity index (χ1v) is 6.80. The molecule has 1 fully saturated rings. The molecule has 20 heavy (non-hydrogen) atoms. The number of Topliss-reactive ketones (excluding diaryl/α,β-unsaturated/α-hetero) is 1. The summed E-state index contributed by atoms with van der Waals surface area (Å²) in [4.78, 5) is 36.7.